The average Bonchev–Trinajstić information content (AvgIpc) is 2.70. The summed E-state index contributed by atoms with van der Waals surface area (Å²) in [5.74, 6) is -0.398. The minimum absolute atomic E-state index is 0.0920. The van der Waals surface area contributed by atoms with E-state index in [-0.39, 0.29) is 17.3 Å². The van der Waals surface area contributed by atoms with Crippen molar-refractivity contribution >= 4 is 17.0 Å². The van der Waals surface area contributed by atoms with E-state index in [0.29, 0.717) is 11.4 Å². The lowest BCUT2D eigenvalue weighted by molar-refractivity contribution is 0.0697. The second-order valence-electron chi connectivity index (χ2n) is 5.66. The SMILES string of the molecule is CC(C)CCC(C)n1c(=O)[nH]c2cc(C(=O)O)ccc21. The first-order chi connectivity index (χ1) is 9.40. The molecule has 0 fully saturated rings. The fraction of sp³-hybridized carbons (Fsp3) is 0.467. The fourth-order valence-corrected chi connectivity index (χ4v) is 2.41. The van der Waals surface area contributed by atoms with E-state index < -0.39 is 5.97 Å². The normalized spacial score (nSPS) is 13.0. The number of aromatic carboxylic acids is 1. The number of aromatic amines is 1. The van der Waals surface area contributed by atoms with Crippen LogP contribution < -0.4 is 5.69 Å². The van der Waals surface area contributed by atoms with Crippen molar-refractivity contribution in [3.8, 4) is 0 Å². The van der Waals surface area contributed by atoms with Gasteiger partial charge in [0.15, 0.2) is 0 Å². The molecule has 2 rings (SSSR count). The van der Waals surface area contributed by atoms with E-state index in [1.807, 2.05) is 6.92 Å². The first-order valence-corrected chi connectivity index (χ1v) is 6.87. The van der Waals surface area contributed by atoms with Crippen LogP contribution in [0.2, 0.25) is 0 Å². The molecule has 108 valence electrons. The van der Waals surface area contributed by atoms with Crippen LogP contribution in [-0.4, -0.2) is 20.6 Å². The van der Waals surface area contributed by atoms with Gasteiger partial charge in [-0.3, -0.25) is 4.57 Å². The molecule has 1 aromatic heterocycles. The number of benzene rings is 1. The van der Waals surface area contributed by atoms with Crippen molar-refractivity contribution < 1.29 is 9.90 Å². The molecule has 2 aromatic rings. The van der Waals surface area contributed by atoms with Crippen molar-refractivity contribution in [2.75, 3.05) is 0 Å². The molecule has 0 aliphatic carbocycles. The van der Waals surface area contributed by atoms with Crippen LogP contribution in [0.3, 0.4) is 0 Å². The van der Waals surface area contributed by atoms with Gasteiger partial charge in [0, 0.05) is 6.04 Å². The third-order valence-corrected chi connectivity index (χ3v) is 3.57. The Bertz CT molecular complexity index is 682. The quantitative estimate of drug-likeness (QED) is 0.881. The smallest absolute Gasteiger partial charge is 0.335 e. The van der Waals surface area contributed by atoms with Gasteiger partial charge in [0.1, 0.15) is 0 Å². The third kappa shape index (κ3) is 2.76. The summed E-state index contributed by atoms with van der Waals surface area (Å²) in [5.41, 5.74) is 1.34. The second kappa shape index (κ2) is 5.53. The molecule has 1 aromatic carbocycles. The number of hydrogen-bond acceptors (Lipinski definition) is 2. The minimum Gasteiger partial charge on any atom is -0.478 e. The van der Waals surface area contributed by atoms with E-state index in [0.717, 1.165) is 18.4 Å². The van der Waals surface area contributed by atoms with Crippen LogP contribution >= 0.6 is 0 Å². The zero-order valence-corrected chi connectivity index (χ0v) is 12.0. The Balaban J connectivity index is 2.41. The van der Waals surface area contributed by atoms with E-state index in [4.69, 9.17) is 5.11 Å². The number of carboxylic acids is 1. The molecule has 0 amide bonds. The number of carboxylic acid groups (broad SMARTS) is 1. The number of nitrogens with one attached hydrogen (secondary N) is 1. The molecule has 0 saturated carbocycles. The Hall–Kier alpha value is -2.04. The predicted molar refractivity (Wildman–Crippen MR) is 78.3 cm³/mol. The summed E-state index contributed by atoms with van der Waals surface area (Å²) in [7, 11) is 0. The van der Waals surface area contributed by atoms with E-state index in [1.54, 1.807) is 10.6 Å². The molecule has 2 N–H and O–H groups in total. The largest absolute Gasteiger partial charge is 0.478 e. The summed E-state index contributed by atoms with van der Waals surface area (Å²) in [6.07, 6.45) is 1.97. The molecular formula is C15H20N2O3. The number of H-pyrrole nitrogens is 1. The van der Waals surface area contributed by atoms with Crippen LogP contribution in [0.25, 0.3) is 11.0 Å². The van der Waals surface area contributed by atoms with Crippen LogP contribution in [-0.2, 0) is 0 Å². The maximum Gasteiger partial charge on any atom is 0.335 e. The number of carbonyl (C=O) groups is 1. The lowest BCUT2D eigenvalue weighted by Gasteiger charge is -2.14. The Morgan fingerprint density at radius 3 is 2.60 bits per heavy atom. The zero-order chi connectivity index (χ0) is 14.9. The minimum atomic E-state index is -0.992. The van der Waals surface area contributed by atoms with E-state index in [1.165, 1.54) is 12.1 Å². The monoisotopic (exact) mass is 276 g/mol. The Morgan fingerprint density at radius 2 is 2.00 bits per heavy atom. The molecule has 1 unspecified atom stereocenters. The van der Waals surface area contributed by atoms with Crippen LogP contribution in [0.15, 0.2) is 23.0 Å². The van der Waals surface area contributed by atoms with E-state index in [2.05, 4.69) is 18.8 Å². The lowest BCUT2D eigenvalue weighted by Crippen LogP contribution is -2.20. The average molecular weight is 276 g/mol. The summed E-state index contributed by atoms with van der Waals surface area (Å²) >= 11 is 0. The van der Waals surface area contributed by atoms with Gasteiger partial charge in [0.05, 0.1) is 16.6 Å². The number of nitrogens with zero attached hydrogens (tertiary/aromatic N) is 1. The standard InChI is InChI=1S/C15H20N2O3/c1-9(2)4-5-10(3)17-13-7-6-11(14(18)19)8-12(13)16-15(17)20/h6-10H,4-5H2,1-3H3,(H,16,20)(H,18,19). The van der Waals surface area contributed by atoms with Crippen LogP contribution in [0.5, 0.6) is 0 Å². The summed E-state index contributed by atoms with van der Waals surface area (Å²) in [6.45, 7) is 6.33. The highest BCUT2D eigenvalue weighted by atomic mass is 16.4. The fourth-order valence-electron chi connectivity index (χ4n) is 2.41. The van der Waals surface area contributed by atoms with Crippen molar-refractivity contribution in [2.24, 2.45) is 5.92 Å². The molecule has 1 atom stereocenters. The van der Waals surface area contributed by atoms with Gasteiger partial charge in [-0.05, 0) is 43.9 Å². The highest BCUT2D eigenvalue weighted by Gasteiger charge is 2.15. The van der Waals surface area contributed by atoms with Crippen molar-refractivity contribution in [3.63, 3.8) is 0 Å². The highest BCUT2D eigenvalue weighted by Crippen LogP contribution is 2.21. The lowest BCUT2D eigenvalue weighted by atomic mass is 10.0. The highest BCUT2D eigenvalue weighted by molar-refractivity contribution is 5.92. The Morgan fingerprint density at radius 1 is 1.30 bits per heavy atom. The first kappa shape index (κ1) is 14.4. The second-order valence-corrected chi connectivity index (χ2v) is 5.66. The molecule has 0 bridgehead atoms. The van der Waals surface area contributed by atoms with Gasteiger partial charge in [-0.2, -0.15) is 0 Å². The van der Waals surface area contributed by atoms with E-state index in [9.17, 15) is 9.59 Å². The maximum absolute atomic E-state index is 12.1. The topological polar surface area (TPSA) is 75.1 Å². The molecule has 0 aliphatic rings. The van der Waals surface area contributed by atoms with Crippen molar-refractivity contribution in [1.29, 1.82) is 0 Å². The van der Waals surface area contributed by atoms with Crippen molar-refractivity contribution in [3.05, 3.63) is 34.2 Å². The molecule has 0 aliphatic heterocycles. The van der Waals surface area contributed by atoms with Crippen molar-refractivity contribution in [2.45, 2.75) is 39.7 Å². The van der Waals surface area contributed by atoms with Gasteiger partial charge in [0.25, 0.3) is 0 Å². The molecule has 5 nitrogen and oxygen atoms in total. The van der Waals surface area contributed by atoms with Gasteiger partial charge >= 0.3 is 11.7 Å². The number of hydrogen-bond donors (Lipinski definition) is 2. The van der Waals surface area contributed by atoms with Gasteiger partial charge in [-0.1, -0.05) is 13.8 Å². The molecule has 0 spiro atoms. The number of imidazole rings is 1. The van der Waals surface area contributed by atoms with Gasteiger partial charge < -0.3 is 10.1 Å². The zero-order valence-electron chi connectivity index (χ0n) is 12.0. The summed E-state index contributed by atoms with van der Waals surface area (Å²) in [6, 6.07) is 4.83. The Labute approximate surface area is 117 Å². The molecule has 0 radical (unpaired) electrons. The van der Waals surface area contributed by atoms with E-state index >= 15 is 0 Å². The van der Waals surface area contributed by atoms with Gasteiger partial charge in [0.2, 0.25) is 0 Å². The number of rotatable bonds is 5. The van der Waals surface area contributed by atoms with Crippen LogP contribution in [0.1, 0.15) is 50.0 Å². The van der Waals surface area contributed by atoms with Gasteiger partial charge in [-0.25, -0.2) is 9.59 Å². The molecule has 5 heteroatoms. The summed E-state index contributed by atoms with van der Waals surface area (Å²) in [4.78, 5) is 25.7. The Kier molecular flexibility index (Phi) is 3.97. The van der Waals surface area contributed by atoms with Gasteiger partial charge in [-0.15, -0.1) is 0 Å². The molecule has 20 heavy (non-hydrogen) atoms. The third-order valence-electron chi connectivity index (χ3n) is 3.57. The van der Waals surface area contributed by atoms with Crippen molar-refractivity contribution in [1.82, 2.24) is 9.55 Å². The summed E-state index contributed by atoms with van der Waals surface area (Å²) in [5, 5.41) is 8.98. The number of fused-ring (bicyclic) bond motifs is 1. The van der Waals surface area contributed by atoms with Crippen LogP contribution in [0, 0.1) is 5.92 Å². The van der Waals surface area contributed by atoms with Crippen LogP contribution in [0.4, 0.5) is 0 Å². The first-order valence-electron chi connectivity index (χ1n) is 6.87. The maximum atomic E-state index is 12.1. The summed E-state index contributed by atoms with van der Waals surface area (Å²) < 4.78 is 1.71. The molecular weight excluding hydrogens is 256 g/mol. The molecule has 0 saturated heterocycles. The predicted octanol–water partition coefficient (Wildman–Crippen LogP) is 3.03. The molecule has 1 heterocycles. The number of aromatic nitrogens is 2.